The van der Waals surface area contributed by atoms with Crippen LogP contribution in [0.4, 0.5) is 0 Å². The maximum absolute atomic E-state index is 11.9. The summed E-state index contributed by atoms with van der Waals surface area (Å²) in [6, 6.07) is -0.0948. The number of hydrogen-bond donors (Lipinski definition) is 1. The van der Waals surface area contributed by atoms with E-state index in [4.69, 9.17) is 0 Å². The van der Waals surface area contributed by atoms with Crippen LogP contribution in [0, 0.1) is 0 Å². The quantitative estimate of drug-likeness (QED) is 0.696. The molecule has 1 aliphatic heterocycles. The summed E-state index contributed by atoms with van der Waals surface area (Å²) in [6.07, 6.45) is 1.95. The second-order valence-electron chi connectivity index (χ2n) is 3.91. The van der Waals surface area contributed by atoms with Crippen LogP contribution >= 0.6 is 0 Å². The van der Waals surface area contributed by atoms with E-state index in [1.54, 1.807) is 4.90 Å². The van der Waals surface area contributed by atoms with Crippen LogP contribution < -0.4 is 5.32 Å². The average molecular weight is 228 g/mol. The molecule has 2 unspecified atom stereocenters. The van der Waals surface area contributed by atoms with Crippen molar-refractivity contribution in [2.75, 3.05) is 13.7 Å². The first-order valence-electron chi connectivity index (χ1n) is 5.77. The van der Waals surface area contributed by atoms with Gasteiger partial charge < -0.3 is 9.64 Å². The molecule has 1 fully saturated rings. The molecule has 5 heteroatoms. The van der Waals surface area contributed by atoms with E-state index in [2.05, 4.69) is 10.1 Å². The minimum atomic E-state index is -0.275. The first-order chi connectivity index (χ1) is 7.63. The van der Waals surface area contributed by atoms with Crippen LogP contribution in [0.1, 0.15) is 33.1 Å². The van der Waals surface area contributed by atoms with E-state index in [-0.39, 0.29) is 30.5 Å². The molecular weight excluding hydrogens is 208 g/mol. The minimum Gasteiger partial charge on any atom is -0.469 e. The zero-order chi connectivity index (χ0) is 12.1. The van der Waals surface area contributed by atoms with Gasteiger partial charge in [0.25, 0.3) is 0 Å². The van der Waals surface area contributed by atoms with Crippen LogP contribution in [-0.4, -0.2) is 42.6 Å². The maximum Gasteiger partial charge on any atom is 0.307 e. The third kappa shape index (κ3) is 2.72. The number of amides is 1. The molecule has 1 amide bonds. The number of ether oxygens (including phenoxy) is 1. The Balaban J connectivity index is 2.55. The van der Waals surface area contributed by atoms with Gasteiger partial charge in [-0.15, -0.1) is 0 Å². The second kappa shape index (κ2) is 5.84. The minimum absolute atomic E-state index is 0.0575. The zero-order valence-corrected chi connectivity index (χ0v) is 10.2. The molecule has 0 aromatic heterocycles. The van der Waals surface area contributed by atoms with Gasteiger partial charge in [-0.25, -0.2) is 0 Å². The van der Waals surface area contributed by atoms with E-state index in [1.807, 2.05) is 13.8 Å². The van der Waals surface area contributed by atoms with E-state index in [1.165, 1.54) is 7.11 Å². The molecule has 1 rings (SSSR count). The van der Waals surface area contributed by atoms with Gasteiger partial charge in [-0.05, 0) is 12.8 Å². The normalized spacial score (nSPS) is 24.9. The molecule has 0 aromatic carbocycles. The van der Waals surface area contributed by atoms with Gasteiger partial charge in [0.2, 0.25) is 5.91 Å². The molecule has 1 aliphatic rings. The molecule has 92 valence electrons. The van der Waals surface area contributed by atoms with Crippen LogP contribution in [0.2, 0.25) is 0 Å². The highest BCUT2D eigenvalue weighted by Gasteiger charge is 2.36. The predicted molar refractivity (Wildman–Crippen MR) is 59.6 cm³/mol. The van der Waals surface area contributed by atoms with Crippen molar-refractivity contribution in [2.45, 2.75) is 45.3 Å². The first kappa shape index (κ1) is 13.0. The summed E-state index contributed by atoms with van der Waals surface area (Å²) in [6.45, 7) is 4.44. The fraction of sp³-hybridized carbons (Fsp3) is 0.818. The number of esters is 1. The van der Waals surface area contributed by atoms with E-state index in [0.29, 0.717) is 6.54 Å². The van der Waals surface area contributed by atoms with E-state index in [0.717, 1.165) is 12.8 Å². The Morgan fingerprint density at radius 2 is 2.12 bits per heavy atom. The Morgan fingerprint density at radius 1 is 1.44 bits per heavy atom. The van der Waals surface area contributed by atoms with Crippen molar-refractivity contribution in [3.63, 3.8) is 0 Å². The molecule has 5 nitrogen and oxygen atoms in total. The Labute approximate surface area is 96.1 Å². The summed E-state index contributed by atoms with van der Waals surface area (Å²) in [5, 5.41) is 3.26. The number of methoxy groups -OCH3 is 1. The fourth-order valence-electron chi connectivity index (χ4n) is 1.96. The SMILES string of the molecule is CCC1NC(CC)N(CCC(=O)OC)C1=O. The Hall–Kier alpha value is -1.10. The summed E-state index contributed by atoms with van der Waals surface area (Å²) in [5.41, 5.74) is 0. The molecule has 1 N–H and O–H groups in total. The lowest BCUT2D eigenvalue weighted by molar-refractivity contribution is -0.141. The van der Waals surface area contributed by atoms with Crippen LogP contribution in [0.25, 0.3) is 0 Å². The third-order valence-electron chi connectivity index (χ3n) is 2.93. The van der Waals surface area contributed by atoms with Gasteiger partial charge in [-0.1, -0.05) is 13.8 Å². The molecule has 0 aromatic rings. The van der Waals surface area contributed by atoms with Crippen molar-refractivity contribution in [3.8, 4) is 0 Å². The van der Waals surface area contributed by atoms with Crippen molar-refractivity contribution in [1.82, 2.24) is 10.2 Å². The highest BCUT2D eigenvalue weighted by molar-refractivity contribution is 5.84. The van der Waals surface area contributed by atoms with Gasteiger partial charge in [-0.2, -0.15) is 0 Å². The molecule has 0 bridgehead atoms. The van der Waals surface area contributed by atoms with Gasteiger partial charge in [0.05, 0.1) is 25.7 Å². The average Bonchev–Trinajstić information content (AvgIpc) is 2.62. The number of nitrogens with one attached hydrogen (secondary N) is 1. The Kier molecular flexibility index (Phi) is 4.73. The number of carbonyl (C=O) groups is 2. The van der Waals surface area contributed by atoms with Crippen molar-refractivity contribution in [1.29, 1.82) is 0 Å². The summed E-state index contributed by atoms with van der Waals surface area (Å²) in [5.74, 6) is -0.180. The largest absolute Gasteiger partial charge is 0.469 e. The molecule has 0 radical (unpaired) electrons. The van der Waals surface area contributed by atoms with Gasteiger partial charge in [0.15, 0.2) is 0 Å². The van der Waals surface area contributed by atoms with E-state index >= 15 is 0 Å². The maximum atomic E-state index is 11.9. The molecule has 2 atom stereocenters. The molecule has 1 saturated heterocycles. The van der Waals surface area contributed by atoms with Gasteiger partial charge in [0.1, 0.15) is 0 Å². The second-order valence-corrected chi connectivity index (χ2v) is 3.91. The van der Waals surface area contributed by atoms with Crippen molar-refractivity contribution >= 4 is 11.9 Å². The highest BCUT2D eigenvalue weighted by Crippen LogP contribution is 2.15. The lowest BCUT2D eigenvalue weighted by atomic mass is 10.2. The molecular formula is C11H20N2O3. The monoisotopic (exact) mass is 228 g/mol. The zero-order valence-electron chi connectivity index (χ0n) is 10.2. The van der Waals surface area contributed by atoms with Crippen molar-refractivity contribution in [2.24, 2.45) is 0 Å². The van der Waals surface area contributed by atoms with Crippen molar-refractivity contribution in [3.05, 3.63) is 0 Å². The number of carbonyl (C=O) groups excluding carboxylic acids is 2. The molecule has 0 saturated carbocycles. The highest BCUT2D eigenvalue weighted by atomic mass is 16.5. The van der Waals surface area contributed by atoms with E-state index < -0.39 is 0 Å². The molecule has 1 heterocycles. The number of nitrogens with zero attached hydrogens (tertiary/aromatic N) is 1. The van der Waals surface area contributed by atoms with Crippen LogP contribution in [0.5, 0.6) is 0 Å². The lowest BCUT2D eigenvalue weighted by Crippen LogP contribution is -2.38. The van der Waals surface area contributed by atoms with Crippen LogP contribution in [0.15, 0.2) is 0 Å². The van der Waals surface area contributed by atoms with Gasteiger partial charge in [0, 0.05) is 6.54 Å². The molecule has 16 heavy (non-hydrogen) atoms. The van der Waals surface area contributed by atoms with Gasteiger partial charge in [-0.3, -0.25) is 14.9 Å². The Bertz CT molecular complexity index is 268. The van der Waals surface area contributed by atoms with E-state index in [9.17, 15) is 9.59 Å². The predicted octanol–water partition coefficient (Wildman–Crippen LogP) is 0.496. The summed E-state index contributed by atoms with van der Waals surface area (Å²) in [4.78, 5) is 24.7. The standard InChI is InChI=1S/C11H20N2O3/c1-4-8-11(15)13(9(5-2)12-8)7-6-10(14)16-3/h8-9,12H,4-7H2,1-3H3. The first-order valence-corrected chi connectivity index (χ1v) is 5.77. The fourth-order valence-corrected chi connectivity index (χ4v) is 1.96. The van der Waals surface area contributed by atoms with Gasteiger partial charge >= 0.3 is 5.97 Å². The summed E-state index contributed by atoms with van der Waals surface area (Å²) >= 11 is 0. The lowest BCUT2D eigenvalue weighted by Gasteiger charge is -2.22. The van der Waals surface area contributed by atoms with Crippen LogP contribution in [-0.2, 0) is 14.3 Å². The molecule has 0 aliphatic carbocycles. The van der Waals surface area contributed by atoms with Crippen LogP contribution in [0.3, 0.4) is 0 Å². The number of rotatable bonds is 5. The third-order valence-corrected chi connectivity index (χ3v) is 2.93. The van der Waals surface area contributed by atoms with Crippen molar-refractivity contribution < 1.29 is 14.3 Å². The summed E-state index contributed by atoms with van der Waals surface area (Å²) in [7, 11) is 1.36. The smallest absolute Gasteiger partial charge is 0.307 e. The summed E-state index contributed by atoms with van der Waals surface area (Å²) < 4.78 is 4.57. The number of hydrogen-bond acceptors (Lipinski definition) is 4. The topological polar surface area (TPSA) is 58.6 Å². The molecule has 0 spiro atoms. The Morgan fingerprint density at radius 3 is 2.62 bits per heavy atom.